The molecule has 2 heteroatoms. The molecule has 1 aromatic heterocycles. The molecule has 0 spiro atoms. The van der Waals surface area contributed by atoms with Gasteiger partial charge in [-0.2, -0.15) is 0 Å². The summed E-state index contributed by atoms with van der Waals surface area (Å²) in [5.74, 6) is 0.561. The van der Waals surface area contributed by atoms with Gasteiger partial charge in [-0.05, 0) is 46.0 Å². The highest BCUT2D eigenvalue weighted by Gasteiger charge is 2.12. The molecule has 1 nitrogen and oxygen atoms in total. The Kier molecular flexibility index (Phi) is 4.81. The molecule has 0 atom stereocenters. The first-order chi connectivity index (χ1) is 8.00. The fourth-order valence-corrected chi connectivity index (χ4v) is 2.83. The summed E-state index contributed by atoms with van der Waals surface area (Å²) < 4.78 is 3.38. The van der Waals surface area contributed by atoms with E-state index in [1.807, 2.05) is 13.8 Å². The van der Waals surface area contributed by atoms with Crippen LogP contribution in [-0.4, -0.2) is 4.57 Å². The van der Waals surface area contributed by atoms with Gasteiger partial charge in [-0.1, -0.05) is 33.8 Å². The third-order valence-corrected chi connectivity index (χ3v) is 3.44. The molecule has 2 rings (SSSR count). The number of hydrogen-bond donors (Lipinski definition) is 0. The lowest BCUT2D eigenvalue weighted by Crippen LogP contribution is -1.92. The Hall–Kier alpha value is -0.760. The maximum atomic E-state index is 3.64. The van der Waals surface area contributed by atoms with Crippen molar-refractivity contribution in [1.82, 2.24) is 4.57 Å². The molecule has 0 radical (unpaired) electrons. The van der Waals surface area contributed by atoms with Crippen LogP contribution in [-0.2, 0) is 7.05 Å². The van der Waals surface area contributed by atoms with Gasteiger partial charge in [0, 0.05) is 28.6 Å². The highest BCUT2D eigenvalue weighted by Crippen LogP contribution is 2.33. The van der Waals surface area contributed by atoms with Gasteiger partial charge in [0.25, 0.3) is 0 Å². The number of hydrogen-bond acceptors (Lipinski definition) is 0. The van der Waals surface area contributed by atoms with Crippen molar-refractivity contribution in [3.8, 4) is 0 Å². The van der Waals surface area contributed by atoms with Gasteiger partial charge < -0.3 is 4.57 Å². The predicted octanol–water partition coefficient (Wildman–Crippen LogP) is 5.40. The van der Waals surface area contributed by atoms with Crippen molar-refractivity contribution < 1.29 is 0 Å². The number of halogens is 1. The van der Waals surface area contributed by atoms with Gasteiger partial charge >= 0.3 is 0 Å². The molecular weight excluding hydrogens is 274 g/mol. The molecule has 0 bridgehead atoms. The molecule has 2 aromatic rings. The molecule has 0 aliphatic rings. The summed E-state index contributed by atoms with van der Waals surface area (Å²) in [6, 6.07) is 4.53. The number of aromatic nitrogens is 1. The third kappa shape index (κ3) is 2.74. The molecule has 0 aliphatic carbocycles. The first-order valence-corrected chi connectivity index (χ1v) is 7.05. The van der Waals surface area contributed by atoms with E-state index in [0.717, 1.165) is 0 Å². The second kappa shape index (κ2) is 5.72. The molecule has 0 saturated heterocycles. The lowest BCUT2D eigenvalue weighted by Gasteiger charge is -2.10. The SMILES string of the molecule is CC.Cc1cc(C(C)C)c2c(Br)cn(C)c2c1. The maximum absolute atomic E-state index is 3.64. The first kappa shape index (κ1) is 14.3. The first-order valence-electron chi connectivity index (χ1n) is 6.25. The monoisotopic (exact) mass is 295 g/mol. The number of rotatable bonds is 1. The number of fused-ring (bicyclic) bond motifs is 1. The molecule has 0 fully saturated rings. The van der Waals surface area contributed by atoms with Crippen molar-refractivity contribution in [2.45, 2.75) is 40.5 Å². The Morgan fingerprint density at radius 2 is 1.76 bits per heavy atom. The summed E-state index contributed by atoms with van der Waals surface area (Å²) in [4.78, 5) is 0. The van der Waals surface area contributed by atoms with Gasteiger partial charge in [-0.3, -0.25) is 0 Å². The number of benzene rings is 1. The van der Waals surface area contributed by atoms with Gasteiger partial charge in [0.2, 0.25) is 0 Å². The lowest BCUT2D eigenvalue weighted by atomic mass is 9.97. The van der Waals surface area contributed by atoms with E-state index in [1.54, 1.807) is 0 Å². The molecule has 0 aliphatic heterocycles. The zero-order valence-electron chi connectivity index (χ0n) is 11.6. The average molecular weight is 296 g/mol. The maximum Gasteiger partial charge on any atom is 0.0495 e. The second-order valence-electron chi connectivity index (χ2n) is 4.49. The lowest BCUT2D eigenvalue weighted by molar-refractivity contribution is 0.873. The predicted molar refractivity (Wildman–Crippen MR) is 80.8 cm³/mol. The van der Waals surface area contributed by atoms with Crippen LogP contribution in [0.2, 0.25) is 0 Å². The fraction of sp³-hybridized carbons (Fsp3) is 0.467. The molecule has 0 saturated carbocycles. The van der Waals surface area contributed by atoms with Crippen LogP contribution in [0.3, 0.4) is 0 Å². The standard InChI is InChI=1S/C13H16BrN.C2H6/c1-8(2)10-5-9(3)6-12-13(10)11(14)7-15(12)4;1-2/h5-8H,1-4H3;1-2H3. The summed E-state index contributed by atoms with van der Waals surface area (Å²) in [5.41, 5.74) is 4.07. The van der Waals surface area contributed by atoms with Crippen molar-refractivity contribution in [2.75, 3.05) is 0 Å². The van der Waals surface area contributed by atoms with Crippen molar-refractivity contribution >= 4 is 26.8 Å². The van der Waals surface area contributed by atoms with Crippen LogP contribution in [0.15, 0.2) is 22.8 Å². The van der Waals surface area contributed by atoms with Gasteiger partial charge in [0.05, 0.1) is 0 Å². The molecule has 94 valence electrons. The van der Waals surface area contributed by atoms with Crippen molar-refractivity contribution in [3.05, 3.63) is 33.9 Å². The molecule has 1 aromatic carbocycles. The smallest absolute Gasteiger partial charge is 0.0495 e. The van der Waals surface area contributed by atoms with Crippen molar-refractivity contribution in [2.24, 2.45) is 7.05 Å². The average Bonchev–Trinajstić information content (AvgIpc) is 2.56. The van der Waals surface area contributed by atoms with Crippen LogP contribution in [0.4, 0.5) is 0 Å². The van der Waals surface area contributed by atoms with Crippen LogP contribution in [0.5, 0.6) is 0 Å². The van der Waals surface area contributed by atoms with Crippen LogP contribution in [0.25, 0.3) is 10.9 Å². The summed E-state index contributed by atoms with van der Waals surface area (Å²) >= 11 is 3.64. The highest BCUT2D eigenvalue weighted by molar-refractivity contribution is 9.10. The minimum absolute atomic E-state index is 0.561. The van der Waals surface area contributed by atoms with E-state index in [2.05, 4.69) is 66.6 Å². The van der Waals surface area contributed by atoms with Gasteiger partial charge in [-0.15, -0.1) is 0 Å². The van der Waals surface area contributed by atoms with Crippen LogP contribution < -0.4 is 0 Å². The van der Waals surface area contributed by atoms with Crippen LogP contribution in [0, 0.1) is 6.92 Å². The zero-order valence-corrected chi connectivity index (χ0v) is 13.2. The number of aryl methyl sites for hydroxylation is 2. The Bertz CT molecular complexity index is 509. The molecule has 0 amide bonds. The fourth-order valence-electron chi connectivity index (χ4n) is 2.09. The molecule has 0 unspecified atom stereocenters. The minimum atomic E-state index is 0.561. The van der Waals surface area contributed by atoms with E-state index in [9.17, 15) is 0 Å². The topological polar surface area (TPSA) is 4.93 Å². The van der Waals surface area contributed by atoms with Crippen molar-refractivity contribution in [1.29, 1.82) is 0 Å². The Morgan fingerprint density at radius 3 is 2.29 bits per heavy atom. The summed E-state index contributed by atoms with van der Waals surface area (Å²) in [6.45, 7) is 10.6. The Balaban J connectivity index is 0.000000686. The van der Waals surface area contributed by atoms with Gasteiger partial charge in [0.15, 0.2) is 0 Å². The minimum Gasteiger partial charge on any atom is -0.349 e. The van der Waals surface area contributed by atoms with E-state index in [1.165, 1.54) is 26.5 Å². The Labute approximate surface area is 113 Å². The van der Waals surface area contributed by atoms with E-state index >= 15 is 0 Å². The van der Waals surface area contributed by atoms with Gasteiger partial charge in [-0.25, -0.2) is 0 Å². The third-order valence-electron chi connectivity index (χ3n) is 2.84. The quantitative estimate of drug-likeness (QED) is 0.664. The largest absolute Gasteiger partial charge is 0.349 e. The van der Waals surface area contributed by atoms with E-state index in [0.29, 0.717) is 5.92 Å². The molecular formula is C15H22BrN. The van der Waals surface area contributed by atoms with E-state index < -0.39 is 0 Å². The number of nitrogens with zero attached hydrogens (tertiary/aromatic N) is 1. The summed E-state index contributed by atoms with van der Waals surface area (Å²) in [7, 11) is 2.09. The van der Waals surface area contributed by atoms with Crippen LogP contribution >= 0.6 is 15.9 Å². The molecule has 1 heterocycles. The zero-order chi connectivity index (χ0) is 13.2. The molecule has 17 heavy (non-hydrogen) atoms. The van der Waals surface area contributed by atoms with E-state index in [4.69, 9.17) is 0 Å². The van der Waals surface area contributed by atoms with Crippen LogP contribution in [0.1, 0.15) is 44.7 Å². The van der Waals surface area contributed by atoms with Crippen molar-refractivity contribution in [3.63, 3.8) is 0 Å². The summed E-state index contributed by atoms with van der Waals surface area (Å²) in [6.07, 6.45) is 2.13. The second-order valence-corrected chi connectivity index (χ2v) is 5.35. The van der Waals surface area contributed by atoms with E-state index in [-0.39, 0.29) is 0 Å². The molecule has 0 N–H and O–H groups in total. The van der Waals surface area contributed by atoms with Gasteiger partial charge in [0.1, 0.15) is 0 Å². The Morgan fingerprint density at radius 1 is 1.18 bits per heavy atom. The normalized spacial score (nSPS) is 10.6. The highest BCUT2D eigenvalue weighted by atomic mass is 79.9. The summed E-state index contributed by atoms with van der Waals surface area (Å²) in [5, 5.41) is 1.36.